The summed E-state index contributed by atoms with van der Waals surface area (Å²) < 4.78 is 16.2. The third-order valence-electron chi connectivity index (χ3n) is 3.76. The van der Waals surface area contributed by atoms with Crippen LogP contribution in [0.2, 0.25) is 0 Å². The van der Waals surface area contributed by atoms with Crippen LogP contribution in [0.15, 0.2) is 48.5 Å². The van der Waals surface area contributed by atoms with Gasteiger partial charge >= 0.3 is 0 Å². The first-order valence-corrected chi connectivity index (χ1v) is 9.60. The number of carbonyl (C=O) groups excluding carboxylic acids is 1. The van der Waals surface area contributed by atoms with Crippen molar-refractivity contribution in [1.82, 2.24) is 5.32 Å². The van der Waals surface area contributed by atoms with Gasteiger partial charge in [0, 0.05) is 18.9 Å². The standard InChI is InChI=1S/C21H26N2O4S/c1-3-4-12-26-17-9-7-8-16(15-17)22-21(28)23-20(24)18-10-5-6-11-19(18)27-14-13-25-2/h5-11,15H,3-4,12-14H2,1-2H3,(H2,22,23,24,28). The van der Waals surface area contributed by atoms with Gasteiger partial charge < -0.3 is 19.5 Å². The van der Waals surface area contributed by atoms with Gasteiger partial charge in [0.1, 0.15) is 18.1 Å². The summed E-state index contributed by atoms with van der Waals surface area (Å²) in [4.78, 5) is 12.6. The number of benzene rings is 2. The summed E-state index contributed by atoms with van der Waals surface area (Å²) in [7, 11) is 1.59. The van der Waals surface area contributed by atoms with Crippen molar-refractivity contribution in [2.24, 2.45) is 0 Å². The molecule has 0 atom stereocenters. The van der Waals surface area contributed by atoms with Crippen LogP contribution in [0.5, 0.6) is 11.5 Å². The molecular weight excluding hydrogens is 376 g/mol. The molecule has 0 aliphatic rings. The molecule has 28 heavy (non-hydrogen) atoms. The lowest BCUT2D eigenvalue weighted by molar-refractivity contribution is 0.0970. The van der Waals surface area contributed by atoms with Gasteiger partial charge in [-0.05, 0) is 42.9 Å². The minimum Gasteiger partial charge on any atom is -0.494 e. The minimum atomic E-state index is -0.346. The van der Waals surface area contributed by atoms with Crippen LogP contribution in [0, 0.1) is 0 Å². The first-order chi connectivity index (χ1) is 13.6. The van der Waals surface area contributed by atoms with Crippen LogP contribution in [-0.2, 0) is 4.74 Å². The molecule has 2 aromatic carbocycles. The fourth-order valence-corrected chi connectivity index (χ4v) is 2.56. The number of para-hydroxylation sites is 1. The number of rotatable bonds is 10. The van der Waals surface area contributed by atoms with Crippen LogP contribution >= 0.6 is 12.2 Å². The lowest BCUT2D eigenvalue weighted by Crippen LogP contribution is -2.34. The van der Waals surface area contributed by atoms with Crippen molar-refractivity contribution in [3.63, 3.8) is 0 Å². The molecule has 0 aliphatic heterocycles. The van der Waals surface area contributed by atoms with Gasteiger partial charge in [-0.2, -0.15) is 0 Å². The molecule has 2 aromatic rings. The Morgan fingerprint density at radius 2 is 1.86 bits per heavy atom. The van der Waals surface area contributed by atoms with E-state index in [1.54, 1.807) is 31.4 Å². The van der Waals surface area contributed by atoms with Gasteiger partial charge in [-0.3, -0.25) is 10.1 Å². The van der Waals surface area contributed by atoms with Gasteiger partial charge in [0.05, 0.1) is 18.8 Å². The van der Waals surface area contributed by atoms with Gasteiger partial charge in [0.25, 0.3) is 5.91 Å². The third-order valence-corrected chi connectivity index (χ3v) is 3.97. The van der Waals surface area contributed by atoms with Crippen molar-refractivity contribution in [1.29, 1.82) is 0 Å². The van der Waals surface area contributed by atoms with Crippen molar-refractivity contribution in [3.05, 3.63) is 54.1 Å². The molecule has 2 N–H and O–H groups in total. The summed E-state index contributed by atoms with van der Waals surface area (Å²) in [5, 5.41) is 5.88. The maximum Gasteiger partial charge on any atom is 0.261 e. The molecule has 7 heteroatoms. The molecule has 0 heterocycles. The molecule has 0 fully saturated rings. The molecule has 0 saturated carbocycles. The number of nitrogens with one attached hydrogen (secondary N) is 2. The monoisotopic (exact) mass is 402 g/mol. The second kappa shape index (κ2) is 11.9. The Kier molecular flexibility index (Phi) is 9.24. The van der Waals surface area contributed by atoms with E-state index in [1.807, 2.05) is 24.3 Å². The highest BCUT2D eigenvalue weighted by Crippen LogP contribution is 2.19. The number of methoxy groups -OCH3 is 1. The Labute approximate surface area is 171 Å². The Morgan fingerprint density at radius 3 is 2.64 bits per heavy atom. The van der Waals surface area contributed by atoms with Crippen LogP contribution in [0.4, 0.5) is 5.69 Å². The Balaban J connectivity index is 1.94. The second-order valence-corrected chi connectivity index (χ2v) is 6.38. The average molecular weight is 403 g/mol. The fourth-order valence-electron chi connectivity index (χ4n) is 2.35. The summed E-state index contributed by atoms with van der Waals surface area (Å²) in [6.07, 6.45) is 2.07. The van der Waals surface area contributed by atoms with E-state index in [2.05, 4.69) is 17.6 Å². The van der Waals surface area contributed by atoms with Crippen LogP contribution in [0.3, 0.4) is 0 Å². The van der Waals surface area contributed by atoms with Gasteiger partial charge in [-0.15, -0.1) is 0 Å². The lowest BCUT2D eigenvalue weighted by atomic mass is 10.2. The van der Waals surface area contributed by atoms with Gasteiger partial charge in [-0.25, -0.2) is 0 Å². The van der Waals surface area contributed by atoms with Crippen LogP contribution in [-0.4, -0.2) is 38.0 Å². The van der Waals surface area contributed by atoms with Gasteiger partial charge in [0.15, 0.2) is 5.11 Å². The van der Waals surface area contributed by atoms with E-state index < -0.39 is 0 Å². The SMILES string of the molecule is CCCCOc1cccc(NC(=S)NC(=O)c2ccccc2OCCOC)c1. The Morgan fingerprint density at radius 1 is 1.04 bits per heavy atom. The first-order valence-electron chi connectivity index (χ1n) is 9.20. The van der Waals surface area contributed by atoms with E-state index in [9.17, 15) is 4.79 Å². The molecule has 0 spiro atoms. The second-order valence-electron chi connectivity index (χ2n) is 5.98. The van der Waals surface area contributed by atoms with Crippen molar-refractivity contribution >= 4 is 28.9 Å². The summed E-state index contributed by atoms with van der Waals surface area (Å²) >= 11 is 5.27. The molecule has 6 nitrogen and oxygen atoms in total. The van der Waals surface area contributed by atoms with E-state index in [4.69, 9.17) is 26.4 Å². The average Bonchev–Trinajstić information content (AvgIpc) is 2.69. The van der Waals surface area contributed by atoms with E-state index in [1.165, 1.54) is 0 Å². The summed E-state index contributed by atoms with van der Waals surface area (Å²) in [6.45, 7) is 3.57. The number of carbonyl (C=O) groups is 1. The molecule has 2 rings (SSSR count). The highest BCUT2D eigenvalue weighted by Gasteiger charge is 2.13. The molecule has 0 bridgehead atoms. The van der Waals surface area contributed by atoms with Gasteiger partial charge in [-0.1, -0.05) is 31.5 Å². The normalized spacial score (nSPS) is 10.2. The maximum atomic E-state index is 12.6. The number of thiocarbonyl (C=S) groups is 1. The predicted octanol–water partition coefficient (Wildman–Crippen LogP) is 4.02. The quantitative estimate of drug-likeness (QED) is 0.462. The van der Waals surface area contributed by atoms with Crippen LogP contribution < -0.4 is 20.1 Å². The van der Waals surface area contributed by atoms with Crippen LogP contribution in [0.25, 0.3) is 0 Å². The number of anilines is 1. The smallest absolute Gasteiger partial charge is 0.261 e. The van der Waals surface area contributed by atoms with Crippen molar-refractivity contribution in [2.75, 3.05) is 32.2 Å². The van der Waals surface area contributed by atoms with Crippen LogP contribution in [0.1, 0.15) is 30.1 Å². The zero-order valence-corrected chi connectivity index (χ0v) is 17.0. The van der Waals surface area contributed by atoms with E-state index in [-0.39, 0.29) is 11.0 Å². The molecule has 0 aliphatic carbocycles. The van der Waals surface area contributed by atoms with E-state index in [0.717, 1.165) is 24.3 Å². The lowest BCUT2D eigenvalue weighted by Gasteiger charge is -2.13. The molecule has 1 amide bonds. The highest BCUT2D eigenvalue weighted by molar-refractivity contribution is 7.80. The fraction of sp³-hybridized carbons (Fsp3) is 0.333. The molecule has 0 aromatic heterocycles. The van der Waals surface area contributed by atoms with Crippen molar-refractivity contribution < 1.29 is 19.0 Å². The number of hydrogen-bond acceptors (Lipinski definition) is 5. The highest BCUT2D eigenvalue weighted by atomic mass is 32.1. The van der Waals surface area contributed by atoms with E-state index in [0.29, 0.717) is 31.1 Å². The zero-order valence-electron chi connectivity index (χ0n) is 16.2. The molecule has 0 radical (unpaired) electrons. The zero-order chi connectivity index (χ0) is 20.2. The molecule has 150 valence electrons. The topological polar surface area (TPSA) is 68.8 Å². The predicted molar refractivity (Wildman–Crippen MR) is 114 cm³/mol. The number of amides is 1. The third kappa shape index (κ3) is 7.17. The van der Waals surface area contributed by atoms with E-state index >= 15 is 0 Å². The molecule has 0 saturated heterocycles. The summed E-state index contributed by atoms with van der Waals surface area (Å²) in [5.74, 6) is 0.886. The Bertz CT molecular complexity index is 783. The largest absolute Gasteiger partial charge is 0.494 e. The maximum absolute atomic E-state index is 12.6. The minimum absolute atomic E-state index is 0.197. The van der Waals surface area contributed by atoms with Gasteiger partial charge in [0.2, 0.25) is 0 Å². The van der Waals surface area contributed by atoms with Crippen molar-refractivity contribution in [2.45, 2.75) is 19.8 Å². The Hall–Kier alpha value is -2.64. The number of unbranched alkanes of at least 4 members (excludes halogenated alkanes) is 1. The molecular formula is C21H26N2O4S. The first kappa shape index (κ1) is 21.7. The summed E-state index contributed by atoms with van der Waals surface area (Å²) in [6, 6.07) is 14.4. The molecule has 0 unspecified atom stereocenters. The van der Waals surface area contributed by atoms with Crippen molar-refractivity contribution in [3.8, 4) is 11.5 Å². The number of hydrogen-bond donors (Lipinski definition) is 2. The summed E-state index contributed by atoms with van der Waals surface area (Å²) in [5.41, 5.74) is 1.14. The number of ether oxygens (including phenoxy) is 3.